The van der Waals surface area contributed by atoms with Gasteiger partial charge < -0.3 is 14.6 Å². The van der Waals surface area contributed by atoms with Gasteiger partial charge in [-0.3, -0.25) is 0 Å². The minimum atomic E-state index is -0.483. The topological polar surface area (TPSA) is 51.6 Å². The van der Waals surface area contributed by atoms with Crippen LogP contribution in [0.3, 0.4) is 0 Å². The molecule has 0 fully saturated rings. The van der Waals surface area contributed by atoms with Gasteiger partial charge in [-0.1, -0.05) is 0 Å². The Morgan fingerprint density at radius 1 is 1.47 bits per heavy atom. The number of aromatic nitrogens is 1. The molecule has 0 saturated heterocycles. The molecule has 0 aliphatic heterocycles. The summed E-state index contributed by atoms with van der Waals surface area (Å²) in [5.41, 5.74) is 0.354. The zero-order valence-electron chi connectivity index (χ0n) is 8.57. The SMILES string of the molecule is COCCCOc1ncc(F)cc1CO. The molecular formula is C10H14FNO3. The number of aliphatic hydroxyl groups excluding tert-OH is 1. The lowest BCUT2D eigenvalue weighted by atomic mass is 10.3. The lowest BCUT2D eigenvalue weighted by Gasteiger charge is -2.08. The van der Waals surface area contributed by atoms with Crippen LogP contribution in [0.1, 0.15) is 12.0 Å². The van der Waals surface area contributed by atoms with Crippen molar-refractivity contribution in [2.45, 2.75) is 13.0 Å². The summed E-state index contributed by atoms with van der Waals surface area (Å²) in [5.74, 6) is -0.210. The monoisotopic (exact) mass is 215 g/mol. The molecule has 0 aliphatic carbocycles. The summed E-state index contributed by atoms with van der Waals surface area (Å²) in [6.07, 6.45) is 1.78. The van der Waals surface area contributed by atoms with Crippen LogP contribution < -0.4 is 4.74 Å². The zero-order valence-corrected chi connectivity index (χ0v) is 8.57. The summed E-state index contributed by atoms with van der Waals surface area (Å²) in [6.45, 7) is 0.736. The van der Waals surface area contributed by atoms with Crippen LogP contribution in [0.25, 0.3) is 0 Å². The molecule has 0 spiro atoms. The fourth-order valence-electron chi connectivity index (χ4n) is 1.08. The van der Waals surface area contributed by atoms with Gasteiger partial charge in [-0.2, -0.15) is 0 Å². The average Bonchev–Trinajstić information content (AvgIpc) is 2.26. The van der Waals surface area contributed by atoms with Crippen LogP contribution in [0.2, 0.25) is 0 Å². The number of rotatable bonds is 6. The molecule has 0 aliphatic rings. The minimum Gasteiger partial charge on any atom is -0.477 e. The highest BCUT2D eigenvalue weighted by atomic mass is 19.1. The average molecular weight is 215 g/mol. The molecule has 0 saturated carbocycles. The van der Waals surface area contributed by atoms with Gasteiger partial charge in [-0.05, 0) is 6.07 Å². The second kappa shape index (κ2) is 6.31. The van der Waals surface area contributed by atoms with Gasteiger partial charge in [-0.15, -0.1) is 0 Å². The third-order valence-electron chi connectivity index (χ3n) is 1.79. The first kappa shape index (κ1) is 11.9. The lowest BCUT2D eigenvalue weighted by molar-refractivity contribution is 0.168. The molecule has 0 bridgehead atoms. The molecule has 0 radical (unpaired) electrons. The molecular weight excluding hydrogens is 201 g/mol. The van der Waals surface area contributed by atoms with E-state index in [1.165, 1.54) is 6.07 Å². The van der Waals surface area contributed by atoms with E-state index in [9.17, 15) is 4.39 Å². The van der Waals surface area contributed by atoms with Gasteiger partial charge >= 0.3 is 0 Å². The van der Waals surface area contributed by atoms with Crippen molar-refractivity contribution in [3.8, 4) is 5.88 Å². The van der Waals surface area contributed by atoms with Crippen LogP contribution in [0, 0.1) is 5.82 Å². The van der Waals surface area contributed by atoms with E-state index < -0.39 is 5.82 Å². The molecule has 4 nitrogen and oxygen atoms in total. The molecule has 1 aromatic rings. The predicted molar refractivity (Wildman–Crippen MR) is 52.1 cm³/mol. The van der Waals surface area contributed by atoms with Crippen molar-refractivity contribution in [1.82, 2.24) is 4.98 Å². The summed E-state index contributed by atoms with van der Waals surface area (Å²) >= 11 is 0. The Labute approximate surface area is 87.7 Å². The summed E-state index contributed by atoms with van der Waals surface area (Å²) in [7, 11) is 1.61. The molecule has 15 heavy (non-hydrogen) atoms. The smallest absolute Gasteiger partial charge is 0.219 e. The van der Waals surface area contributed by atoms with Gasteiger partial charge in [0.25, 0.3) is 0 Å². The fourth-order valence-corrected chi connectivity index (χ4v) is 1.08. The lowest BCUT2D eigenvalue weighted by Crippen LogP contribution is -2.05. The molecule has 1 aromatic heterocycles. The van der Waals surface area contributed by atoms with Gasteiger partial charge in [0.05, 0.1) is 19.4 Å². The Balaban J connectivity index is 2.52. The van der Waals surface area contributed by atoms with Crippen molar-refractivity contribution >= 4 is 0 Å². The van der Waals surface area contributed by atoms with Crippen LogP contribution in [0.5, 0.6) is 5.88 Å². The van der Waals surface area contributed by atoms with E-state index in [4.69, 9.17) is 14.6 Å². The minimum absolute atomic E-state index is 0.273. The van der Waals surface area contributed by atoms with Crippen LogP contribution in [0.15, 0.2) is 12.3 Å². The number of aliphatic hydroxyl groups is 1. The molecule has 0 unspecified atom stereocenters. The molecule has 1 rings (SSSR count). The highest BCUT2D eigenvalue weighted by Crippen LogP contribution is 2.15. The molecule has 0 atom stereocenters. The Morgan fingerprint density at radius 2 is 2.27 bits per heavy atom. The summed E-state index contributed by atoms with van der Waals surface area (Å²) in [6, 6.07) is 1.21. The van der Waals surface area contributed by atoms with Crippen molar-refractivity contribution in [2.75, 3.05) is 20.3 Å². The molecule has 0 amide bonds. The largest absolute Gasteiger partial charge is 0.477 e. The van der Waals surface area contributed by atoms with E-state index in [0.29, 0.717) is 18.8 Å². The number of halogens is 1. The highest BCUT2D eigenvalue weighted by molar-refractivity contribution is 5.25. The number of methoxy groups -OCH3 is 1. The molecule has 1 N–H and O–H groups in total. The number of pyridine rings is 1. The molecule has 1 heterocycles. The third-order valence-corrected chi connectivity index (χ3v) is 1.79. The fraction of sp³-hybridized carbons (Fsp3) is 0.500. The highest BCUT2D eigenvalue weighted by Gasteiger charge is 2.05. The van der Waals surface area contributed by atoms with Crippen molar-refractivity contribution in [3.63, 3.8) is 0 Å². The maximum atomic E-state index is 12.7. The first-order chi connectivity index (χ1) is 7.27. The van der Waals surface area contributed by atoms with Crippen molar-refractivity contribution in [2.24, 2.45) is 0 Å². The maximum absolute atomic E-state index is 12.7. The molecule has 0 aromatic carbocycles. The maximum Gasteiger partial charge on any atom is 0.219 e. The Bertz CT molecular complexity index is 307. The Morgan fingerprint density at radius 3 is 2.93 bits per heavy atom. The zero-order chi connectivity index (χ0) is 11.1. The second-order valence-electron chi connectivity index (χ2n) is 2.97. The summed E-state index contributed by atoms with van der Waals surface area (Å²) in [4.78, 5) is 3.75. The van der Waals surface area contributed by atoms with Gasteiger partial charge in [0.2, 0.25) is 5.88 Å². The second-order valence-corrected chi connectivity index (χ2v) is 2.97. The quantitative estimate of drug-likeness (QED) is 0.723. The first-order valence-corrected chi connectivity index (χ1v) is 4.65. The van der Waals surface area contributed by atoms with Crippen molar-refractivity contribution in [3.05, 3.63) is 23.6 Å². The van der Waals surface area contributed by atoms with E-state index in [0.717, 1.165) is 12.6 Å². The van der Waals surface area contributed by atoms with E-state index in [-0.39, 0.29) is 12.5 Å². The van der Waals surface area contributed by atoms with Crippen molar-refractivity contribution < 1.29 is 19.0 Å². The van der Waals surface area contributed by atoms with Crippen LogP contribution in [-0.2, 0) is 11.3 Å². The van der Waals surface area contributed by atoms with Gasteiger partial charge in [0.1, 0.15) is 5.82 Å². The van der Waals surface area contributed by atoms with Gasteiger partial charge in [0, 0.05) is 25.7 Å². The normalized spacial score (nSPS) is 10.3. The van der Waals surface area contributed by atoms with E-state index in [2.05, 4.69) is 4.98 Å². The number of hydrogen-bond acceptors (Lipinski definition) is 4. The predicted octanol–water partition coefficient (Wildman–Crippen LogP) is 1.13. The standard InChI is InChI=1S/C10H14FNO3/c1-14-3-2-4-15-10-8(7-13)5-9(11)6-12-10/h5-6,13H,2-4,7H2,1H3. The van der Waals surface area contributed by atoms with Crippen LogP contribution >= 0.6 is 0 Å². The van der Waals surface area contributed by atoms with E-state index >= 15 is 0 Å². The van der Waals surface area contributed by atoms with Crippen molar-refractivity contribution in [1.29, 1.82) is 0 Å². The summed E-state index contributed by atoms with van der Waals surface area (Å²) in [5, 5.41) is 8.93. The number of nitrogens with zero attached hydrogens (tertiary/aromatic N) is 1. The van der Waals surface area contributed by atoms with Gasteiger partial charge in [0.15, 0.2) is 0 Å². The van der Waals surface area contributed by atoms with E-state index in [1.54, 1.807) is 7.11 Å². The number of hydrogen-bond donors (Lipinski definition) is 1. The van der Waals surface area contributed by atoms with Crippen LogP contribution in [-0.4, -0.2) is 30.4 Å². The van der Waals surface area contributed by atoms with Crippen LogP contribution in [0.4, 0.5) is 4.39 Å². The Kier molecular flexibility index (Phi) is 5.00. The third kappa shape index (κ3) is 3.81. The first-order valence-electron chi connectivity index (χ1n) is 4.65. The molecule has 84 valence electrons. The summed E-state index contributed by atoms with van der Waals surface area (Å²) < 4.78 is 22.8. The molecule has 5 heteroatoms. The van der Waals surface area contributed by atoms with Gasteiger partial charge in [-0.25, -0.2) is 9.37 Å². The Hall–Kier alpha value is -1.20. The van der Waals surface area contributed by atoms with E-state index in [1.807, 2.05) is 0 Å². The number of ether oxygens (including phenoxy) is 2.